The van der Waals surface area contributed by atoms with E-state index in [1.165, 1.54) is 12.8 Å². The fourth-order valence-corrected chi connectivity index (χ4v) is 2.13. The van der Waals surface area contributed by atoms with E-state index in [-0.39, 0.29) is 0 Å². The Labute approximate surface area is 94.8 Å². The molecule has 1 aliphatic carbocycles. The van der Waals surface area contributed by atoms with Gasteiger partial charge in [0.2, 0.25) is 0 Å². The van der Waals surface area contributed by atoms with Crippen LogP contribution in [0, 0.1) is 17.8 Å². The van der Waals surface area contributed by atoms with Crippen LogP contribution in [0.2, 0.25) is 0 Å². The molecule has 0 amide bonds. The monoisotopic (exact) mass is 204 g/mol. The van der Waals surface area contributed by atoms with E-state index >= 15 is 0 Å². The summed E-state index contributed by atoms with van der Waals surface area (Å²) in [5.74, 6) is 2.34. The Morgan fingerprint density at radius 2 is 2.20 bits per heavy atom. The average molecular weight is 204 g/mol. The Bertz CT molecular complexity index is 257. The van der Waals surface area contributed by atoms with E-state index in [9.17, 15) is 0 Å². The highest BCUT2D eigenvalue weighted by atomic mass is 14.3. The second-order valence-electron chi connectivity index (χ2n) is 4.71. The van der Waals surface area contributed by atoms with Gasteiger partial charge in [0, 0.05) is 0 Å². The first-order valence-corrected chi connectivity index (χ1v) is 6.17. The summed E-state index contributed by atoms with van der Waals surface area (Å²) < 4.78 is 0. The second-order valence-corrected chi connectivity index (χ2v) is 4.71. The van der Waals surface area contributed by atoms with Gasteiger partial charge in [0.25, 0.3) is 0 Å². The van der Waals surface area contributed by atoms with E-state index < -0.39 is 0 Å². The largest absolute Gasteiger partial charge is 0.103 e. The van der Waals surface area contributed by atoms with Crippen LogP contribution in [-0.4, -0.2) is 0 Å². The van der Waals surface area contributed by atoms with Crippen LogP contribution in [-0.2, 0) is 0 Å². The molecule has 0 heterocycles. The Hall–Kier alpha value is -0.780. The number of allylic oxidation sites excluding steroid dienone is 5. The van der Waals surface area contributed by atoms with Gasteiger partial charge in [-0.15, -0.1) is 6.58 Å². The van der Waals surface area contributed by atoms with E-state index in [0.29, 0.717) is 0 Å². The van der Waals surface area contributed by atoms with Gasteiger partial charge in [-0.1, -0.05) is 50.6 Å². The van der Waals surface area contributed by atoms with Gasteiger partial charge in [0.05, 0.1) is 0 Å². The molecule has 0 fully saturated rings. The SMILES string of the molecule is C=CCC=CC(CC)CC1=CC(C)C1C. The minimum atomic E-state index is 0.728. The van der Waals surface area contributed by atoms with Crippen molar-refractivity contribution in [2.24, 2.45) is 17.8 Å². The van der Waals surface area contributed by atoms with Crippen LogP contribution in [0.4, 0.5) is 0 Å². The molecule has 0 aromatic heterocycles. The van der Waals surface area contributed by atoms with Crippen molar-refractivity contribution in [2.45, 2.75) is 40.0 Å². The molecule has 0 aromatic rings. The molecular weight excluding hydrogens is 180 g/mol. The molecular formula is C15H24. The van der Waals surface area contributed by atoms with Crippen molar-refractivity contribution in [1.82, 2.24) is 0 Å². The molecule has 0 heteroatoms. The third-order valence-electron chi connectivity index (χ3n) is 3.58. The molecule has 0 radical (unpaired) electrons. The van der Waals surface area contributed by atoms with Gasteiger partial charge in [0.1, 0.15) is 0 Å². The fourth-order valence-electron chi connectivity index (χ4n) is 2.13. The maximum atomic E-state index is 3.73. The van der Waals surface area contributed by atoms with Crippen molar-refractivity contribution in [3.8, 4) is 0 Å². The van der Waals surface area contributed by atoms with E-state index in [0.717, 1.165) is 24.2 Å². The third kappa shape index (κ3) is 3.37. The number of rotatable bonds is 6. The molecule has 0 bridgehead atoms. The van der Waals surface area contributed by atoms with E-state index in [4.69, 9.17) is 0 Å². The molecule has 0 saturated carbocycles. The van der Waals surface area contributed by atoms with Gasteiger partial charge < -0.3 is 0 Å². The van der Waals surface area contributed by atoms with E-state index in [1.807, 2.05) is 6.08 Å². The molecule has 1 aliphatic rings. The maximum Gasteiger partial charge on any atom is -0.0171 e. The minimum Gasteiger partial charge on any atom is -0.103 e. The first kappa shape index (κ1) is 12.3. The molecule has 3 unspecified atom stereocenters. The van der Waals surface area contributed by atoms with Crippen LogP contribution >= 0.6 is 0 Å². The topological polar surface area (TPSA) is 0 Å². The van der Waals surface area contributed by atoms with Gasteiger partial charge in [-0.25, -0.2) is 0 Å². The molecule has 0 aliphatic heterocycles. The molecule has 0 nitrogen and oxygen atoms in total. The van der Waals surface area contributed by atoms with Gasteiger partial charge in [-0.3, -0.25) is 0 Å². The molecule has 0 saturated heterocycles. The normalized spacial score (nSPS) is 27.3. The van der Waals surface area contributed by atoms with Crippen molar-refractivity contribution < 1.29 is 0 Å². The maximum absolute atomic E-state index is 3.73. The summed E-state index contributed by atoms with van der Waals surface area (Å²) in [5.41, 5.74) is 1.66. The van der Waals surface area contributed by atoms with Crippen LogP contribution in [0.1, 0.15) is 40.0 Å². The molecule has 0 N–H and O–H groups in total. The summed E-state index contributed by atoms with van der Waals surface area (Å²) in [5, 5.41) is 0. The summed E-state index contributed by atoms with van der Waals surface area (Å²) in [6.07, 6.45) is 12.5. The summed E-state index contributed by atoms with van der Waals surface area (Å²) in [4.78, 5) is 0. The average Bonchev–Trinajstić information content (AvgIpc) is 2.26. The highest BCUT2D eigenvalue weighted by Gasteiger charge is 2.25. The predicted octanol–water partition coefficient (Wildman–Crippen LogP) is 4.75. The lowest BCUT2D eigenvalue weighted by Gasteiger charge is -2.32. The highest BCUT2D eigenvalue weighted by molar-refractivity contribution is 5.21. The summed E-state index contributed by atoms with van der Waals surface area (Å²) in [6, 6.07) is 0. The van der Waals surface area contributed by atoms with Crippen molar-refractivity contribution in [2.75, 3.05) is 0 Å². The Kier molecular flexibility index (Phi) is 4.87. The molecule has 15 heavy (non-hydrogen) atoms. The Balaban J connectivity index is 2.41. The lowest BCUT2D eigenvalue weighted by Crippen LogP contribution is -2.20. The molecule has 0 spiro atoms. The summed E-state index contributed by atoms with van der Waals surface area (Å²) >= 11 is 0. The van der Waals surface area contributed by atoms with Crippen LogP contribution in [0.15, 0.2) is 36.5 Å². The zero-order valence-electron chi connectivity index (χ0n) is 10.4. The quantitative estimate of drug-likeness (QED) is 0.548. The van der Waals surface area contributed by atoms with Crippen molar-refractivity contribution in [3.05, 3.63) is 36.5 Å². The van der Waals surface area contributed by atoms with Crippen molar-refractivity contribution in [1.29, 1.82) is 0 Å². The van der Waals surface area contributed by atoms with Crippen LogP contribution < -0.4 is 0 Å². The Morgan fingerprint density at radius 1 is 1.47 bits per heavy atom. The first-order valence-electron chi connectivity index (χ1n) is 6.17. The minimum absolute atomic E-state index is 0.728. The zero-order chi connectivity index (χ0) is 11.3. The molecule has 84 valence electrons. The number of hydrogen-bond donors (Lipinski definition) is 0. The van der Waals surface area contributed by atoms with Gasteiger partial charge in [0.15, 0.2) is 0 Å². The smallest absolute Gasteiger partial charge is 0.0171 e. The molecule has 1 rings (SSSR count). The standard InChI is InChI=1S/C15H24/c1-5-7-8-9-14(6-2)11-15-10-12(3)13(15)4/h5,8-10,12-14H,1,6-7,11H2,2-4H3. The second kappa shape index (κ2) is 5.95. The molecule has 3 atom stereocenters. The highest BCUT2D eigenvalue weighted by Crippen LogP contribution is 2.37. The first-order chi connectivity index (χ1) is 7.19. The van der Waals surface area contributed by atoms with Gasteiger partial charge in [-0.05, 0) is 37.0 Å². The lowest BCUT2D eigenvalue weighted by atomic mass is 9.73. The molecule has 0 aromatic carbocycles. The van der Waals surface area contributed by atoms with Crippen LogP contribution in [0.5, 0.6) is 0 Å². The lowest BCUT2D eigenvalue weighted by molar-refractivity contribution is 0.421. The van der Waals surface area contributed by atoms with E-state index in [2.05, 4.69) is 45.6 Å². The summed E-state index contributed by atoms with van der Waals surface area (Å²) in [6.45, 7) is 10.7. The van der Waals surface area contributed by atoms with E-state index in [1.54, 1.807) is 5.57 Å². The third-order valence-corrected chi connectivity index (χ3v) is 3.58. The van der Waals surface area contributed by atoms with Crippen LogP contribution in [0.25, 0.3) is 0 Å². The van der Waals surface area contributed by atoms with Crippen LogP contribution in [0.3, 0.4) is 0 Å². The predicted molar refractivity (Wildman–Crippen MR) is 68.8 cm³/mol. The van der Waals surface area contributed by atoms with Crippen molar-refractivity contribution >= 4 is 0 Å². The number of hydrogen-bond acceptors (Lipinski definition) is 0. The Morgan fingerprint density at radius 3 is 2.67 bits per heavy atom. The fraction of sp³-hybridized carbons (Fsp3) is 0.600. The van der Waals surface area contributed by atoms with Gasteiger partial charge in [-0.2, -0.15) is 0 Å². The summed E-state index contributed by atoms with van der Waals surface area (Å²) in [7, 11) is 0. The van der Waals surface area contributed by atoms with Crippen molar-refractivity contribution in [3.63, 3.8) is 0 Å². The zero-order valence-corrected chi connectivity index (χ0v) is 10.4. The van der Waals surface area contributed by atoms with Gasteiger partial charge >= 0.3 is 0 Å².